The van der Waals surface area contributed by atoms with Crippen molar-refractivity contribution in [3.63, 3.8) is 0 Å². The molecule has 0 unspecified atom stereocenters. The molecule has 1 aliphatic rings. The fourth-order valence-corrected chi connectivity index (χ4v) is 4.14. The Morgan fingerprint density at radius 2 is 1.07 bits per heavy atom. The van der Waals surface area contributed by atoms with Crippen LogP contribution in [0.3, 0.4) is 0 Å². The van der Waals surface area contributed by atoms with Gasteiger partial charge >= 0.3 is 0 Å². The van der Waals surface area contributed by atoms with E-state index in [-0.39, 0.29) is 11.1 Å². The van der Waals surface area contributed by atoms with E-state index in [0.717, 1.165) is 0 Å². The highest BCUT2D eigenvalue weighted by atomic mass is 32.2. The maximum Gasteiger partial charge on any atom is 0.283 e. The standard InChI is InChI=1S/C10H22N2O2S/c1-9(2,3)11-7-8-12(10(4,5)6)15(11,13)14/h7-8H2,1-6H3. The topological polar surface area (TPSA) is 40.6 Å². The molecule has 0 radical (unpaired) electrons. The Morgan fingerprint density at radius 1 is 0.800 bits per heavy atom. The molecule has 0 amide bonds. The molecule has 0 saturated carbocycles. The lowest BCUT2D eigenvalue weighted by Crippen LogP contribution is -2.49. The van der Waals surface area contributed by atoms with Crippen molar-refractivity contribution in [2.75, 3.05) is 13.1 Å². The first kappa shape index (κ1) is 12.9. The summed E-state index contributed by atoms with van der Waals surface area (Å²) >= 11 is 0. The largest absolute Gasteiger partial charge is 0.283 e. The molecule has 0 aromatic carbocycles. The normalized spacial score (nSPS) is 24.7. The summed E-state index contributed by atoms with van der Waals surface area (Å²) in [6.45, 7) is 12.7. The third-order valence-electron chi connectivity index (χ3n) is 2.56. The summed E-state index contributed by atoms with van der Waals surface area (Å²) in [4.78, 5) is 0. The minimum Gasteiger partial charge on any atom is -0.195 e. The van der Waals surface area contributed by atoms with Gasteiger partial charge < -0.3 is 0 Å². The second-order valence-corrected chi connectivity index (χ2v) is 7.77. The van der Waals surface area contributed by atoms with Gasteiger partial charge in [-0.1, -0.05) is 0 Å². The minimum absolute atomic E-state index is 0.334. The highest BCUT2D eigenvalue weighted by molar-refractivity contribution is 7.87. The van der Waals surface area contributed by atoms with Gasteiger partial charge in [-0.2, -0.15) is 17.0 Å². The summed E-state index contributed by atoms with van der Waals surface area (Å²) in [6.07, 6.45) is 0. The molecule has 1 rings (SSSR count). The van der Waals surface area contributed by atoms with Crippen LogP contribution in [0.15, 0.2) is 0 Å². The molecule has 15 heavy (non-hydrogen) atoms. The Morgan fingerprint density at radius 3 is 1.20 bits per heavy atom. The van der Waals surface area contributed by atoms with Gasteiger partial charge in [0.1, 0.15) is 0 Å². The fourth-order valence-electron chi connectivity index (χ4n) is 1.89. The fraction of sp³-hybridized carbons (Fsp3) is 1.00. The van der Waals surface area contributed by atoms with Crippen LogP contribution in [-0.4, -0.2) is 41.2 Å². The van der Waals surface area contributed by atoms with Gasteiger partial charge in [-0.3, -0.25) is 0 Å². The van der Waals surface area contributed by atoms with Crippen LogP contribution in [-0.2, 0) is 10.2 Å². The highest BCUT2D eigenvalue weighted by Crippen LogP contribution is 2.30. The lowest BCUT2D eigenvalue weighted by Gasteiger charge is -2.34. The molecule has 0 atom stereocenters. The molecule has 0 aliphatic carbocycles. The summed E-state index contributed by atoms with van der Waals surface area (Å²) < 4.78 is 27.6. The molecule has 1 aliphatic heterocycles. The second kappa shape index (κ2) is 3.43. The van der Waals surface area contributed by atoms with Crippen LogP contribution >= 0.6 is 0 Å². The predicted octanol–water partition coefficient (Wildman–Crippen LogP) is 1.45. The molecule has 0 bridgehead atoms. The van der Waals surface area contributed by atoms with Crippen LogP contribution in [0, 0.1) is 0 Å². The maximum atomic E-state index is 12.2. The molecule has 0 aromatic rings. The lowest BCUT2D eigenvalue weighted by molar-refractivity contribution is 0.271. The zero-order chi connectivity index (χ0) is 12.1. The Labute approximate surface area is 93.4 Å². The lowest BCUT2D eigenvalue weighted by atomic mass is 10.1. The van der Waals surface area contributed by atoms with Gasteiger partial charge in [-0.15, -0.1) is 0 Å². The Balaban J connectivity index is 3.07. The molecular weight excluding hydrogens is 212 g/mol. The van der Waals surface area contributed by atoms with Crippen molar-refractivity contribution < 1.29 is 8.42 Å². The third kappa shape index (κ3) is 2.34. The van der Waals surface area contributed by atoms with E-state index in [2.05, 4.69) is 0 Å². The summed E-state index contributed by atoms with van der Waals surface area (Å²) in [5, 5.41) is 0. The van der Waals surface area contributed by atoms with Crippen molar-refractivity contribution in [1.82, 2.24) is 8.61 Å². The van der Waals surface area contributed by atoms with Gasteiger partial charge in [0.15, 0.2) is 0 Å². The van der Waals surface area contributed by atoms with E-state index in [9.17, 15) is 8.42 Å². The zero-order valence-corrected chi connectivity index (χ0v) is 11.3. The first-order valence-corrected chi connectivity index (χ1v) is 6.68. The van der Waals surface area contributed by atoms with Crippen molar-refractivity contribution >= 4 is 10.2 Å². The SMILES string of the molecule is CC(C)(C)N1CCN(C(C)(C)C)S1(=O)=O. The molecular formula is C10H22N2O2S. The maximum absolute atomic E-state index is 12.2. The summed E-state index contributed by atoms with van der Waals surface area (Å²) in [5.41, 5.74) is -0.669. The summed E-state index contributed by atoms with van der Waals surface area (Å²) in [5.74, 6) is 0. The quantitative estimate of drug-likeness (QED) is 0.636. The zero-order valence-electron chi connectivity index (χ0n) is 10.5. The highest BCUT2D eigenvalue weighted by Gasteiger charge is 2.46. The molecule has 0 N–H and O–H groups in total. The molecule has 5 heteroatoms. The third-order valence-corrected chi connectivity index (χ3v) is 5.13. The van der Waals surface area contributed by atoms with Crippen LogP contribution in [0.25, 0.3) is 0 Å². The average molecular weight is 234 g/mol. The minimum atomic E-state index is -3.28. The summed E-state index contributed by atoms with van der Waals surface area (Å²) in [7, 11) is -3.28. The van der Waals surface area contributed by atoms with Crippen LogP contribution in [0.1, 0.15) is 41.5 Å². The predicted molar refractivity (Wildman–Crippen MR) is 61.8 cm³/mol. The molecule has 1 heterocycles. The van der Waals surface area contributed by atoms with Crippen LogP contribution in [0.4, 0.5) is 0 Å². The van der Waals surface area contributed by atoms with Crippen molar-refractivity contribution in [3.8, 4) is 0 Å². The van der Waals surface area contributed by atoms with Gasteiger partial charge in [0.25, 0.3) is 10.2 Å². The first-order valence-electron chi connectivity index (χ1n) is 5.28. The average Bonchev–Trinajstić information content (AvgIpc) is 2.21. The van der Waals surface area contributed by atoms with E-state index in [0.29, 0.717) is 13.1 Å². The van der Waals surface area contributed by atoms with Gasteiger partial charge in [0, 0.05) is 24.2 Å². The molecule has 0 spiro atoms. The van der Waals surface area contributed by atoms with E-state index in [1.807, 2.05) is 41.5 Å². The molecule has 0 aromatic heterocycles. The monoisotopic (exact) mass is 234 g/mol. The molecule has 4 nitrogen and oxygen atoms in total. The van der Waals surface area contributed by atoms with Gasteiger partial charge in [0.05, 0.1) is 0 Å². The number of hydrogen-bond acceptors (Lipinski definition) is 2. The molecule has 1 saturated heterocycles. The summed E-state index contributed by atoms with van der Waals surface area (Å²) in [6, 6.07) is 0. The van der Waals surface area contributed by atoms with Gasteiger partial charge in [0.2, 0.25) is 0 Å². The Bertz CT molecular complexity index is 307. The number of hydrogen-bond donors (Lipinski definition) is 0. The van der Waals surface area contributed by atoms with Gasteiger partial charge in [-0.25, -0.2) is 0 Å². The van der Waals surface area contributed by atoms with Crippen LogP contribution in [0.5, 0.6) is 0 Å². The van der Waals surface area contributed by atoms with Crippen LogP contribution < -0.4 is 0 Å². The van der Waals surface area contributed by atoms with E-state index in [1.165, 1.54) is 0 Å². The number of nitrogens with zero attached hydrogens (tertiary/aromatic N) is 2. The van der Waals surface area contributed by atoms with E-state index in [1.54, 1.807) is 8.61 Å². The van der Waals surface area contributed by atoms with Crippen LogP contribution in [0.2, 0.25) is 0 Å². The Hall–Kier alpha value is -0.130. The van der Waals surface area contributed by atoms with E-state index >= 15 is 0 Å². The molecule has 90 valence electrons. The van der Waals surface area contributed by atoms with E-state index in [4.69, 9.17) is 0 Å². The smallest absolute Gasteiger partial charge is 0.195 e. The van der Waals surface area contributed by atoms with Crippen molar-refractivity contribution in [1.29, 1.82) is 0 Å². The first-order chi connectivity index (χ1) is 6.47. The van der Waals surface area contributed by atoms with Crippen molar-refractivity contribution in [3.05, 3.63) is 0 Å². The number of rotatable bonds is 0. The van der Waals surface area contributed by atoms with Gasteiger partial charge in [-0.05, 0) is 41.5 Å². The van der Waals surface area contributed by atoms with Crippen molar-refractivity contribution in [2.24, 2.45) is 0 Å². The second-order valence-electron chi connectivity index (χ2n) is 5.99. The Kier molecular flexibility index (Phi) is 2.96. The van der Waals surface area contributed by atoms with Crippen molar-refractivity contribution in [2.45, 2.75) is 52.6 Å². The molecule has 1 fully saturated rings. The van der Waals surface area contributed by atoms with E-state index < -0.39 is 10.2 Å².